The summed E-state index contributed by atoms with van der Waals surface area (Å²) in [5.74, 6) is 0.0859. The number of ether oxygens (including phenoxy) is 1. The summed E-state index contributed by atoms with van der Waals surface area (Å²) in [7, 11) is 1.29. The van der Waals surface area contributed by atoms with E-state index in [0.29, 0.717) is 31.0 Å². The summed E-state index contributed by atoms with van der Waals surface area (Å²) < 4.78 is 4.47. The predicted octanol–water partition coefficient (Wildman–Crippen LogP) is -0.508. The minimum atomic E-state index is -1.16. The van der Waals surface area contributed by atoms with Crippen LogP contribution in [-0.2, 0) is 9.53 Å². The third-order valence-corrected chi connectivity index (χ3v) is 3.06. The average Bonchev–Trinajstić information content (AvgIpc) is 2.95. The number of rotatable bonds is 4. The Hall–Kier alpha value is -2.64. The van der Waals surface area contributed by atoms with E-state index in [0.717, 1.165) is 0 Å². The Morgan fingerprint density at radius 1 is 1.48 bits per heavy atom. The molecule has 1 saturated heterocycles. The van der Waals surface area contributed by atoms with Crippen molar-refractivity contribution in [2.24, 2.45) is 0 Å². The largest absolute Gasteiger partial charge is 0.530 e. The van der Waals surface area contributed by atoms with Crippen LogP contribution in [0.3, 0.4) is 0 Å². The summed E-state index contributed by atoms with van der Waals surface area (Å²) in [4.78, 5) is 31.2. The maximum atomic E-state index is 10.9. The molecule has 8 nitrogen and oxygen atoms in total. The van der Waals surface area contributed by atoms with Gasteiger partial charge in [-0.25, -0.2) is 9.78 Å². The summed E-state index contributed by atoms with van der Waals surface area (Å²) in [6.07, 6.45) is 5.32. The first-order chi connectivity index (χ1) is 10.1. The molecule has 1 amide bonds. The Kier molecular flexibility index (Phi) is 4.70. The molecule has 1 aliphatic heterocycles. The zero-order valence-electron chi connectivity index (χ0n) is 11.5. The highest BCUT2D eigenvalue weighted by Crippen LogP contribution is 2.13. The maximum absolute atomic E-state index is 10.9. The quantitative estimate of drug-likeness (QED) is 0.588. The zero-order valence-corrected chi connectivity index (χ0v) is 11.5. The molecule has 1 atom stereocenters. The minimum absolute atomic E-state index is 0.00587. The Morgan fingerprint density at radius 2 is 2.29 bits per heavy atom. The summed E-state index contributed by atoms with van der Waals surface area (Å²) in [5.41, 5.74) is 0.522. The van der Waals surface area contributed by atoms with Crippen LogP contribution in [0.2, 0.25) is 0 Å². The van der Waals surface area contributed by atoms with Gasteiger partial charge in [-0.05, 0) is 12.5 Å². The van der Waals surface area contributed by atoms with Gasteiger partial charge in [0.1, 0.15) is 11.9 Å². The number of nitrogens with zero attached hydrogens (tertiary/aromatic N) is 3. The van der Waals surface area contributed by atoms with Gasteiger partial charge in [-0.2, -0.15) is 0 Å². The first-order valence-electron chi connectivity index (χ1n) is 6.39. The van der Waals surface area contributed by atoms with Gasteiger partial charge in [-0.1, -0.05) is 0 Å². The third-order valence-electron chi connectivity index (χ3n) is 3.06. The van der Waals surface area contributed by atoms with Crippen molar-refractivity contribution in [2.75, 3.05) is 25.5 Å². The minimum Gasteiger partial charge on any atom is -0.530 e. The molecule has 0 aromatic carbocycles. The number of carbonyl (C=O) groups excluding carboxylic acids is 2. The molecule has 0 saturated carbocycles. The number of esters is 1. The van der Waals surface area contributed by atoms with E-state index in [-0.39, 0.29) is 6.04 Å². The van der Waals surface area contributed by atoms with Crippen molar-refractivity contribution in [3.63, 3.8) is 0 Å². The molecule has 1 fully saturated rings. The molecule has 0 aliphatic carbocycles. The highest BCUT2D eigenvalue weighted by atomic mass is 16.5. The predicted molar refractivity (Wildman–Crippen MR) is 72.1 cm³/mol. The molecular formula is C13H15N4O4-. The molecule has 0 spiro atoms. The standard InChI is InChI=1S/C13H16N4O4/c1-21-12(18)3-2-9-6-15-11(7-14-9)16-10-4-5-17(8-10)13(19)20/h2-3,6-7,10H,4-5,8H2,1H3,(H,15,16)(H,19,20)/p-1/b3-2+/t10-/m1/s1. The van der Waals surface area contributed by atoms with Crippen LogP contribution in [0, 0.1) is 0 Å². The SMILES string of the molecule is COC(=O)/C=C/c1cnc(N[C@@H]2CCN(C(=O)[O-])C2)cn1. The van der Waals surface area contributed by atoms with Crippen LogP contribution in [0.5, 0.6) is 0 Å². The van der Waals surface area contributed by atoms with Crippen molar-refractivity contribution >= 4 is 24.0 Å². The van der Waals surface area contributed by atoms with Gasteiger partial charge in [0.2, 0.25) is 0 Å². The number of methoxy groups -OCH3 is 1. The lowest BCUT2D eigenvalue weighted by atomic mass is 10.2. The van der Waals surface area contributed by atoms with E-state index < -0.39 is 12.1 Å². The van der Waals surface area contributed by atoms with Crippen molar-refractivity contribution in [3.05, 3.63) is 24.2 Å². The molecule has 1 N–H and O–H groups in total. The van der Waals surface area contributed by atoms with Crippen molar-refractivity contribution in [2.45, 2.75) is 12.5 Å². The van der Waals surface area contributed by atoms with Crippen LogP contribution in [-0.4, -0.2) is 53.2 Å². The van der Waals surface area contributed by atoms with Gasteiger partial charge in [0.25, 0.3) is 0 Å². The lowest BCUT2D eigenvalue weighted by Crippen LogP contribution is -2.40. The fraction of sp³-hybridized carbons (Fsp3) is 0.385. The number of hydrogen-bond acceptors (Lipinski definition) is 7. The number of amides is 1. The summed E-state index contributed by atoms with van der Waals surface area (Å²) >= 11 is 0. The monoisotopic (exact) mass is 291 g/mol. The number of hydrogen-bond donors (Lipinski definition) is 1. The Balaban J connectivity index is 1.90. The number of likely N-dealkylation sites (tertiary alicyclic amines) is 1. The number of nitrogens with one attached hydrogen (secondary N) is 1. The van der Waals surface area contributed by atoms with E-state index in [2.05, 4.69) is 20.0 Å². The van der Waals surface area contributed by atoms with Crippen molar-refractivity contribution in [1.82, 2.24) is 14.9 Å². The molecule has 8 heteroatoms. The molecule has 0 unspecified atom stereocenters. The number of carbonyl (C=O) groups is 2. The van der Waals surface area contributed by atoms with Crippen molar-refractivity contribution in [3.8, 4) is 0 Å². The number of aromatic nitrogens is 2. The van der Waals surface area contributed by atoms with Crippen molar-refractivity contribution in [1.29, 1.82) is 0 Å². The molecular weight excluding hydrogens is 276 g/mol. The van der Waals surface area contributed by atoms with Crippen LogP contribution in [0.1, 0.15) is 12.1 Å². The summed E-state index contributed by atoms with van der Waals surface area (Å²) in [5, 5.41) is 13.8. The van der Waals surface area contributed by atoms with Gasteiger partial charge < -0.3 is 24.9 Å². The van der Waals surface area contributed by atoms with E-state index in [1.165, 1.54) is 36.6 Å². The smallest absolute Gasteiger partial charge is 0.330 e. The first-order valence-corrected chi connectivity index (χ1v) is 6.39. The second kappa shape index (κ2) is 6.69. The van der Waals surface area contributed by atoms with Gasteiger partial charge in [-0.3, -0.25) is 4.98 Å². The van der Waals surface area contributed by atoms with E-state index in [9.17, 15) is 14.7 Å². The lowest BCUT2D eigenvalue weighted by Gasteiger charge is -2.19. The molecule has 0 radical (unpaired) electrons. The fourth-order valence-electron chi connectivity index (χ4n) is 1.97. The van der Waals surface area contributed by atoms with E-state index >= 15 is 0 Å². The zero-order chi connectivity index (χ0) is 15.2. The molecule has 2 rings (SSSR count). The number of anilines is 1. The van der Waals surface area contributed by atoms with Crippen LogP contribution >= 0.6 is 0 Å². The van der Waals surface area contributed by atoms with Gasteiger partial charge in [0.05, 0.1) is 25.2 Å². The van der Waals surface area contributed by atoms with Crippen LogP contribution in [0.15, 0.2) is 18.5 Å². The maximum Gasteiger partial charge on any atom is 0.330 e. The van der Waals surface area contributed by atoms with Crippen LogP contribution < -0.4 is 10.4 Å². The molecule has 0 bridgehead atoms. The summed E-state index contributed by atoms with van der Waals surface area (Å²) in [6, 6.07) is -0.00587. The second-order valence-electron chi connectivity index (χ2n) is 4.52. The second-order valence-corrected chi connectivity index (χ2v) is 4.52. The Bertz CT molecular complexity index is 544. The molecule has 2 heterocycles. The first kappa shape index (κ1) is 14.8. The normalized spacial score (nSPS) is 18.0. The molecule has 1 aliphatic rings. The fourth-order valence-corrected chi connectivity index (χ4v) is 1.97. The Labute approximate surface area is 121 Å². The van der Waals surface area contributed by atoms with Crippen LogP contribution in [0.4, 0.5) is 10.6 Å². The summed E-state index contributed by atoms with van der Waals surface area (Å²) in [6.45, 7) is 0.821. The van der Waals surface area contributed by atoms with Crippen molar-refractivity contribution < 1.29 is 19.4 Å². The third kappa shape index (κ3) is 4.16. The van der Waals surface area contributed by atoms with E-state index in [1.54, 1.807) is 0 Å². The highest BCUT2D eigenvalue weighted by Gasteiger charge is 2.22. The van der Waals surface area contributed by atoms with E-state index in [4.69, 9.17) is 0 Å². The molecule has 21 heavy (non-hydrogen) atoms. The van der Waals surface area contributed by atoms with Gasteiger partial charge in [0.15, 0.2) is 0 Å². The molecule has 112 valence electrons. The van der Waals surface area contributed by atoms with Gasteiger partial charge in [0, 0.05) is 25.2 Å². The molecule has 1 aromatic heterocycles. The highest BCUT2D eigenvalue weighted by molar-refractivity contribution is 5.86. The van der Waals surface area contributed by atoms with Gasteiger partial charge >= 0.3 is 5.97 Å². The van der Waals surface area contributed by atoms with Crippen LogP contribution in [0.25, 0.3) is 6.08 Å². The molecule has 1 aromatic rings. The average molecular weight is 291 g/mol. The van der Waals surface area contributed by atoms with Gasteiger partial charge in [-0.15, -0.1) is 0 Å². The lowest BCUT2D eigenvalue weighted by molar-refractivity contribution is -0.264. The topological polar surface area (TPSA) is 107 Å². The number of carboxylic acid groups (broad SMARTS) is 1. The Morgan fingerprint density at radius 3 is 2.86 bits per heavy atom. The van der Waals surface area contributed by atoms with E-state index in [1.807, 2.05) is 0 Å².